The van der Waals surface area contributed by atoms with E-state index in [-0.39, 0.29) is 0 Å². The van der Waals surface area contributed by atoms with E-state index >= 15 is 0 Å². The number of hydrogen-bond donors (Lipinski definition) is 0. The molecule has 0 saturated heterocycles. The maximum atomic E-state index is 2.47. The van der Waals surface area contributed by atoms with E-state index < -0.39 is 0 Å². The summed E-state index contributed by atoms with van der Waals surface area (Å²) >= 11 is 0. The third-order valence-corrected chi connectivity index (χ3v) is 3.95. The highest BCUT2D eigenvalue weighted by Crippen LogP contribution is 2.06. The summed E-state index contributed by atoms with van der Waals surface area (Å²) in [5, 5.41) is 0. The topological polar surface area (TPSA) is 3.24 Å². The Morgan fingerprint density at radius 3 is 1.67 bits per heavy atom. The van der Waals surface area contributed by atoms with Gasteiger partial charge in [-0.1, -0.05) is 60.7 Å². The fraction of sp³-hybridized carbons (Fsp3) is 0.400. The van der Waals surface area contributed by atoms with Gasteiger partial charge in [-0.25, -0.2) is 0 Å². The fourth-order valence-electron chi connectivity index (χ4n) is 2.67. The summed E-state index contributed by atoms with van der Waals surface area (Å²) in [4.78, 5) is 2.47. The lowest BCUT2D eigenvalue weighted by Crippen LogP contribution is -2.21. The second-order valence-corrected chi connectivity index (χ2v) is 5.84. The molecule has 0 saturated carbocycles. The monoisotopic (exact) mass is 281 g/mol. The van der Waals surface area contributed by atoms with Crippen molar-refractivity contribution in [3.63, 3.8) is 0 Å². The standard InChI is InChI=1S/C20H27N/c1-21(18-10-16-20-13-6-3-7-14-20)17-9-8-15-19-11-4-2-5-12-19/h2-7,11-14H,8-10,15-18H2,1H3. The molecule has 0 unspecified atom stereocenters. The molecule has 1 heteroatoms. The molecule has 2 aromatic carbocycles. The van der Waals surface area contributed by atoms with Crippen LogP contribution in [0, 0.1) is 0 Å². The fourth-order valence-corrected chi connectivity index (χ4v) is 2.67. The lowest BCUT2D eigenvalue weighted by atomic mass is 10.1. The first-order valence-electron chi connectivity index (χ1n) is 8.11. The Balaban J connectivity index is 1.52. The van der Waals surface area contributed by atoms with Crippen LogP contribution in [0.1, 0.15) is 30.4 Å². The minimum absolute atomic E-state index is 1.19. The molecule has 21 heavy (non-hydrogen) atoms. The summed E-state index contributed by atoms with van der Waals surface area (Å²) in [5.41, 5.74) is 2.92. The minimum atomic E-state index is 1.19. The molecule has 0 N–H and O–H groups in total. The molecule has 0 heterocycles. The van der Waals surface area contributed by atoms with Crippen LogP contribution in [-0.4, -0.2) is 25.0 Å². The van der Waals surface area contributed by atoms with Crippen LogP contribution in [0.25, 0.3) is 0 Å². The van der Waals surface area contributed by atoms with Crippen LogP contribution in [-0.2, 0) is 12.8 Å². The molecule has 0 amide bonds. The van der Waals surface area contributed by atoms with E-state index in [1.54, 1.807) is 0 Å². The third kappa shape index (κ3) is 6.59. The second kappa shape index (κ2) is 9.36. The molecule has 0 aliphatic carbocycles. The smallest absolute Gasteiger partial charge is 0.00186 e. The lowest BCUT2D eigenvalue weighted by Gasteiger charge is -2.16. The first kappa shape index (κ1) is 15.8. The summed E-state index contributed by atoms with van der Waals surface area (Å²) in [7, 11) is 2.24. The van der Waals surface area contributed by atoms with Gasteiger partial charge in [0.2, 0.25) is 0 Å². The van der Waals surface area contributed by atoms with Gasteiger partial charge in [0.15, 0.2) is 0 Å². The molecule has 1 nitrogen and oxygen atoms in total. The normalized spacial score (nSPS) is 11.0. The van der Waals surface area contributed by atoms with Gasteiger partial charge in [-0.3, -0.25) is 0 Å². The zero-order valence-corrected chi connectivity index (χ0v) is 13.2. The number of hydrogen-bond acceptors (Lipinski definition) is 1. The molecule has 2 rings (SSSR count). The van der Waals surface area contributed by atoms with E-state index in [4.69, 9.17) is 0 Å². The quantitative estimate of drug-likeness (QED) is 0.608. The molecule has 0 fully saturated rings. The Hall–Kier alpha value is -1.60. The minimum Gasteiger partial charge on any atom is -0.306 e. The van der Waals surface area contributed by atoms with Crippen molar-refractivity contribution < 1.29 is 0 Å². The zero-order chi connectivity index (χ0) is 14.8. The molecular weight excluding hydrogens is 254 g/mol. The van der Waals surface area contributed by atoms with Crippen molar-refractivity contribution in [2.45, 2.75) is 32.1 Å². The largest absolute Gasteiger partial charge is 0.306 e. The van der Waals surface area contributed by atoms with Crippen LogP contribution in [0.4, 0.5) is 0 Å². The van der Waals surface area contributed by atoms with Crippen LogP contribution in [0.15, 0.2) is 60.7 Å². The molecule has 0 atom stereocenters. The number of benzene rings is 2. The SMILES string of the molecule is CN(CCCCc1ccccc1)CCCc1ccccc1. The van der Waals surface area contributed by atoms with Crippen LogP contribution in [0.2, 0.25) is 0 Å². The van der Waals surface area contributed by atoms with Crippen molar-refractivity contribution in [1.82, 2.24) is 4.90 Å². The highest BCUT2D eigenvalue weighted by Gasteiger charge is 1.99. The Kier molecular flexibility index (Phi) is 7.03. The van der Waals surface area contributed by atoms with Gasteiger partial charge >= 0.3 is 0 Å². The van der Waals surface area contributed by atoms with Gasteiger partial charge in [0.25, 0.3) is 0 Å². The molecule has 0 aromatic heterocycles. The molecule has 0 bridgehead atoms. The van der Waals surface area contributed by atoms with Gasteiger partial charge in [0.1, 0.15) is 0 Å². The van der Waals surface area contributed by atoms with Gasteiger partial charge in [-0.2, -0.15) is 0 Å². The Morgan fingerprint density at radius 2 is 1.10 bits per heavy atom. The average molecular weight is 281 g/mol. The number of unbranched alkanes of at least 4 members (excludes halogenated alkanes) is 1. The van der Waals surface area contributed by atoms with Gasteiger partial charge < -0.3 is 4.90 Å². The molecule has 0 aliphatic rings. The van der Waals surface area contributed by atoms with Crippen molar-refractivity contribution in [3.05, 3.63) is 71.8 Å². The third-order valence-electron chi connectivity index (χ3n) is 3.95. The predicted octanol–water partition coefficient (Wildman–Crippen LogP) is 4.57. The Bertz CT molecular complexity index is 478. The van der Waals surface area contributed by atoms with Crippen molar-refractivity contribution in [3.8, 4) is 0 Å². The summed E-state index contributed by atoms with van der Waals surface area (Å²) in [6.07, 6.45) is 6.22. The van der Waals surface area contributed by atoms with E-state index in [0.29, 0.717) is 0 Å². The van der Waals surface area contributed by atoms with Gasteiger partial charge in [-0.05, 0) is 63.4 Å². The maximum Gasteiger partial charge on any atom is -0.00186 e. The van der Waals surface area contributed by atoms with Gasteiger partial charge in [0.05, 0.1) is 0 Å². The first-order valence-corrected chi connectivity index (χ1v) is 8.11. The van der Waals surface area contributed by atoms with Crippen LogP contribution in [0.3, 0.4) is 0 Å². The van der Waals surface area contributed by atoms with E-state index in [9.17, 15) is 0 Å². The van der Waals surface area contributed by atoms with E-state index in [0.717, 1.165) is 0 Å². The number of aryl methyl sites for hydroxylation is 2. The van der Waals surface area contributed by atoms with Crippen LogP contribution >= 0.6 is 0 Å². The summed E-state index contributed by atoms with van der Waals surface area (Å²) in [5.74, 6) is 0. The van der Waals surface area contributed by atoms with Crippen molar-refractivity contribution in [1.29, 1.82) is 0 Å². The molecule has 2 aromatic rings. The lowest BCUT2D eigenvalue weighted by molar-refractivity contribution is 0.321. The molecule has 0 radical (unpaired) electrons. The van der Waals surface area contributed by atoms with E-state index in [2.05, 4.69) is 72.6 Å². The second-order valence-electron chi connectivity index (χ2n) is 5.84. The molecule has 0 spiro atoms. The van der Waals surface area contributed by atoms with E-state index in [1.165, 1.54) is 56.3 Å². The highest BCUT2D eigenvalue weighted by molar-refractivity contribution is 5.15. The van der Waals surface area contributed by atoms with Crippen molar-refractivity contribution in [2.75, 3.05) is 20.1 Å². The summed E-state index contributed by atoms with van der Waals surface area (Å²) in [6.45, 7) is 2.40. The summed E-state index contributed by atoms with van der Waals surface area (Å²) < 4.78 is 0. The van der Waals surface area contributed by atoms with Crippen molar-refractivity contribution in [2.24, 2.45) is 0 Å². The first-order chi connectivity index (χ1) is 10.3. The average Bonchev–Trinajstić information content (AvgIpc) is 2.54. The zero-order valence-electron chi connectivity index (χ0n) is 13.2. The maximum absolute atomic E-state index is 2.47. The van der Waals surface area contributed by atoms with Crippen molar-refractivity contribution >= 4 is 0 Å². The molecular formula is C20H27N. The molecule has 0 aliphatic heterocycles. The predicted molar refractivity (Wildman–Crippen MR) is 91.6 cm³/mol. The number of nitrogens with zero attached hydrogens (tertiary/aromatic N) is 1. The number of rotatable bonds is 9. The van der Waals surface area contributed by atoms with E-state index in [1.807, 2.05) is 0 Å². The van der Waals surface area contributed by atoms with Gasteiger partial charge in [0, 0.05) is 0 Å². The summed E-state index contributed by atoms with van der Waals surface area (Å²) in [6, 6.07) is 21.6. The Labute approximate surface area is 129 Å². The Morgan fingerprint density at radius 1 is 0.619 bits per heavy atom. The molecule has 112 valence electrons. The van der Waals surface area contributed by atoms with Crippen LogP contribution < -0.4 is 0 Å². The van der Waals surface area contributed by atoms with Gasteiger partial charge in [-0.15, -0.1) is 0 Å². The van der Waals surface area contributed by atoms with Crippen LogP contribution in [0.5, 0.6) is 0 Å². The highest BCUT2D eigenvalue weighted by atomic mass is 15.1.